The van der Waals surface area contributed by atoms with Crippen molar-refractivity contribution in [1.82, 2.24) is 19.9 Å². The van der Waals surface area contributed by atoms with E-state index in [-0.39, 0.29) is 11.8 Å². The zero-order valence-corrected chi connectivity index (χ0v) is 20.7. The van der Waals surface area contributed by atoms with Crippen molar-refractivity contribution in [3.05, 3.63) is 46.8 Å². The number of carbonyl (C=O) groups is 2. The summed E-state index contributed by atoms with van der Waals surface area (Å²) in [5, 5.41) is 3.94. The Kier molecular flexibility index (Phi) is 7.56. The van der Waals surface area contributed by atoms with Crippen LogP contribution in [0.1, 0.15) is 47.6 Å². The van der Waals surface area contributed by atoms with Crippen molar-refractivity contribution in [3.8, 4) is 5.75 Å². The number of hydrogen-bond acceptors (Lipinski definition) is 6. The van der Waals surface area contributed by atoms with E-state index in [0.29, 0.717) is 49.4 Å². The Morgan fingerprint density at radius 3 is 2.24 bits per heavy atom. The van der Waals surface area contributed by atoms with E-state index in [4.69, 9.17) is 9.26 Å². The Labute approximate surface area is 201 Å². The summed E-state index contributed by atoms with van der Waals surface area (Å²) in [6.45, 7) is 13.4. The number of piperidine rings is 1. The van der Waals surface area contributed by atoms with Gasteiger partial charge in [0.15, 0.2) is 0 Å². The van der Waals surface area contributed by atoms with Crippen LogP contribution >= 0.6 is 0 Å². The predicted molar refractivity (Wildman–Crippen MR) is 129 cm³/mol. The lowest BCUT2D eigenvalue weighted by Gasteiger charge is -2.38. The first kappa shape index (κ1) is 24.3. The Morgan fingerprint density at radius 1 is 1.00 bits per heavy atom. The number of likely N-dealkylation sites (tertiary alicyclic amines) is 1. The van der Waals surface area contributed by atoms with Gasteiger partial charge in [0.05, 0.1) is 17.8 Å². The van der Waals surface area contributed by atoms with Crippen LogP contribution < -0.4 is 4.74 Å². The Balaban J connectivity index is 1.24. The van der Waals surface area contributed by atoms with E-state index in [2.05, 4.69) is 23.9 Å². The van der Waals surface area contributed by atoms with Crippen LogP contribution in [-0.4, -0.2) is 77.5 Å². The lowest BCUT2D eigenvalue weighted by molar-refractivity contribution is -0.135. The van der Waals surface area contributed by atoms with Gasteiger partial charge in [0.2, 0.25) is 5.91 Å². The number of ether oxygens (including phenoxy) is 1. The largest absolute Gasteiger partial charge is 0.489 e. The van der Waals surface area contributed by atoms with E-state index in [1.54, 1.807) is 12.1 Å². The molecule has 2 aliphatic heterocycles. The molecule has 2 fully saturated rings. The molecule has 3 heterocycles. The summed E-state index contributed by atoms with van der Waals surface area (Å²) in [5.74, 6) is 2.81. The van der Waals surface area contributed by atoms with E-state index in [1.807, 2.05) is 35.8 Å². The van der Waals surface area contributed by atoms with Crippen molar-refractivity contribution < 1.29 is 18.8 Å². The standard InChI is InChI=1S/C26H36N4O4/c1-18-13-19(2)15-30(14-18)25(31)16-28-9-11-29(12-10-28)26(32)22-5-7-23(8-6-22)33-17-24-20(3)27-34-21(24)4/h5-8,18-19H,9-17H2,1-4H3. The molecule has 0 N–H and O–H groups in total. The molecule has 1 aromatic heterocycles. The topological polar surface area (TPSA) is 79.1 Å². The summed E-state index contributed by atoms with van der Waals surface area (Å²) in [6, 6.07) is 7.25. The molecule has 2 atom stereocenters. The van der Waals surface area contributed by atoms with E-state index >= 15 is 0 Å². The number of rotatable bonds is 6. The number of benzene rings is 1. The molecule has 0 spiro atoms. The molecule has 1 aromatic carbocycles. The third-order valence-electron chi connectivity index (χ3n) is 6.91. The third kappa shape index (κ3) is 5.78. The van der Waals surface area contributed by atoms with Crippen LogP contribution in [0.25, 0.3) is 0 Å². The summed E-state index contributed by atoms with van der Waals surface area (Å²) >= 11 is 0. The second kappa shape index (κ2) is 10.6. The van der Waals surface area contributed by atoms with Gasteiger partial charge in [-0.05, 0) is 56.4 Å². The van der Waals surface area contributed by atoms with Crippen molar-refractivity contribution in [2.45, 2.75) is 40.7 Å². The molecule has 0 aliphatic carbocycles. The lowest BCUT2D eigenvalue weighted by Crippen LogP contribution is -2.53. The molecule has 2 saturated heterocycles. The number of carbonyl (C=O) groups excluding carboxylic acids is 2. The van der Waals surface area contributed by atoms with E-state index < -0.39 is 0 Å². The maximum absolute atomic E-state index is 13.0. The van der Waals surface area contributed by atoms with Crippen molar-refractivity contribution in [1.29, 1.82) is 0 Å². The fourth-order valence-electron chi connectivity index (χ4n) is 5.01. The second-order valence-electron chi connectivity index (χ2n) is 9.93. The highest BCUT2D eigenvalue weighted by molar-refractivity contribution is 5.94. The summed E-state index contributed by atoms with van der Waals surface area (Å²) in [7, 11) is 0. The molecule has 8 nitrogen and oxygen atoms in total. The zero-order valence-electron chi connectivity index (χ0n) is 20.7. The van der Waals surface area contributed by atoms with Crippen LogP contribution in [0.5, 0.6) is 5.75 Å². The van der Waals surface area contributed by atoms with Gasteiger partial charge in [-0.25, -0.2) is 0 Å². The molecule has 0 saturated carbocycles. The van der Waals surface area contributed by atoms with Crippen LogP contribution in [0.3, 0.4) is 0 Å². The maximum atomic E-state index is 13.0. The van der Waals surface area contributed by atoms with Crippen LogP contribution in [0.4, 0.5) is 0 Å². The Hall–Kier alpha value is -2.87. The van der Waals surface area contributed by atoms with E-state index in [1.165, 1.54) is 6.42 Å². The summed E-state index contributed by atoms with van der Waals surface area (Å²) in [5.41, 5.74) is 2.41. The Morgan fingerprint density at radius 2 is 1.65 bits per heavy atom. The highest BCUT2D eigenvalue weighted by Crippen LogP contribution is 2.22. The average Bonchev–Trinajstić information content (AvgIpc) is 3.14. The molecular formula is C26H36N4O4. The molecule has 0 bridgehead atoms. The first-order chi connectivity index (χ1) is 16.3. The quantitative estimate of drug-likeness (QED) is 0.648. The van der Waals surface area contributed by atoms with E-state index in [0.717, 1.165) is 43.2 Å². The van der Waals surface area contributed by atoms with Gasteiger partial charge >= 0.3 is 0 Å². The first-order valence-electron chi connectivity index (χ1n) is 12.2. The van der Waals surface area contributed by atoms with Gasteiger partial charge in [-0.15, -0.1) is 0 Å². The molecule has 2 aromatic rings. The third-order valence-corrected chi connectivity index (χ3v) is 6.91. The first-order valence-corrected chi connectivity index (χ1v) is 12.2. The normalized spacial score (nSPS) is 21.5. The SMILES string of the molecule is Cc1noc(C)c1COc1ccc(C(=O)N2CCN(CC(=O)N3CC(C)CC(C)C3)CC2)cc1. The monoisotopic (exact) mass is 468 g/mol. The molecule has 184 valence electrons. The highest BCUT2D eigenvalue weighted by Gasteiger charge is 2.28. The van der Waals surface area contributed by atoms with Gasteiger partial charge < -0.3 is 19.1 Å². The van der Waals surface area contributed by atoms with Crippen LogP contribution in [0.15, 0.2) is 28.8 Å². The minimum atomic E-state index is 0.0157. The zero-order chi connectivity index (χ0) is 24.2. The second-order valence-corrected chi connectivity index (χ2v) is 9.93. The van der Waals surface area contributed by atoms with Gasteiger partial charge in [0.1, 0.15) is 18.1 Å². The van der Waals surface area contributed by atoms with Crippen molar-refractivity contribution in [2.24, 2.45) is 11.8 Å². The van der Waals surface area contributed by atoms with Crippen molar-refractivity contribution >= 4 is 11.8 Å². The summed E-state index contributed by atoms with van der Waals surface area (Å²) in [6.07, 6.45) is 1.19. The predicted octanol–water partition coefficient (Wildman–Crippen LogP) is 3.13. The van der Waals surface area contributed by atoms with Gasteiger partial charge in [-0.2, -0.15) is 0 Å². The lowest BCUT2D eigenvalue weighted by atomic mass is 9.92. The van der Waals surface area contributed by atoms with Crippen LogP contribution in [-0.2, 0) is 11.4 Å². The Bertz CT molecular complexity index is 965. The molecular weight excluding hydrogens is 432 g/mol. The number of aryl methyl sites for hydroxylation is 2. The fourth-order valence-corrected chi connectivity index (χ4v) is 5.01. The highest BCUT2D eigenvalue weighted by atomic mass is 16.5. The number of piperazine rings is 1. The van der Waals surface area contributed by atoms with Crippen molar-refractivity contribution in [2.75, 3.05) is 45.8 Å². The molecule has 2 aliphatic rings. The molecule has 4 rings (SSSR count). The molecule has 8 heteroatoms. The summed E-state index contributed by atoms with van der Waals surface area (Å²) < 4.78 is 11.0. The number of aromatic nitrogens is 1. The number of nitrogens with zero attached hydrogens (tertiary/aromatic N) is 4. The van der Waals surface area contributed by atoms with Crippen LogP contribution in [0.2, 0.25) is 0 Å². The minimum Gasteiger partial charge on any atom is -0.489 e. The average molecular weight is 469 g/mol. The molecule has 34 heavy (non-hydrogen) atoms. The summed E-state index contributed by atoms with van der Waals surface area (Å²) in [4.78, 5) is 31.8. The minimum absolute atomic E-state index is 0.0157. The molecule has 2 unspecified atom stereocenters. The number of amides is 2. The van der Waals surface area contributed by atoms with Crippen LogP contribution in [0, 0.1) is 25.7 Å². The fraction of sp³-hybridized carbons (Fsp3) is 0.577. The van der Waals surface area contributed by atoms with E-state index in [9.17, 15) is 9.59 Å². The molecule has 2 amide bonds. The van der Waals surface area contributed by atoms with Gasteiger partial charge in [0.25, 0.3) is 5.91 Å². The van der Waals surface area contributed by atoms with Crippen molar-refractivity contribution in [3.63, 3.8) is 0 Å². The van der Waals surface area contributed by atoms with Gasteiger partial charge in [-0.3, -0.25) is 14.5 Å². The smallest absolute Gasteiger partial charge is 0.253 e. The molecule has 0 radical (unpaired) electrons. The maximum Gasteiger partial charge on any atom is 0.253 e. The van der Waals surface area contributed by atoms with Gasteiger partial charge in [-0.1, -0.05) is 19.0 Å². The number of hydrogen-bond donors (Lipinski definition) is 0. The van der Waals surface area contributed by atoms with Gasteiger partial charge in [0, 0.05) is 44.8 Å².